The molecule has 1 amide bonds. The van der Waals surface area contributed by atoms with Gasteiger partial charge in [-0.15, -0.1) is 0 Å². The van der Waals surface area contributed by atoms with Crippen LogP contribution in [0, 0.1) is 0 Å². The second kappa shape index (κ2) is 6.23. The van der Waals surface area contributed by atoms with Gasteiger partial charge in [0.1, 0.15) is 0 Å². The van der Waals surface area contributed by atoms with Crippen molar-refractivity contribution in [3.05, 3.63) is 35.4 Å². The van der Waals surface area contributed by atoms with Crippen molar-refractivity contribution in [2.24, 2.45) is 0 Å². The quantitative estimate of drug-likeness (QED) is 0.761. The molecule has 1 rings (SSSR count). The maximum absolute atomic E-state index is 12.5. The maximum atomic E-state index is 12.5. The lowest BCUT2D eigenvalue weighted by molar-refractivity contribution is -0.137. The number of halogens is 3. The minimum atomic E-state index is -4.46. The monoisotopic (exact) mass is 291 g/mol. The number of amides is 1. The number of hydrogen-bond donors (Lipinski definition) is 3. The Balaban J connectivity index is 2.77. The maximum Gasteiger partial charge on any atom is 0.416 e. The Morgan fingerprint density at radius 3 is 2.35 bits per heavy atom. The number of hydrogen-bond acceptors (Lipinski definition) is 3. The summed E-state index contributed by atoms with van der Waals surface area (Å²) < 4.78 is 37.6. The first-order chi connectivity index (χ1) is 9.20. The van der Waals surface area contributed by atoms with Gasteiger partial charge >= 0.3 is 6.18 Å². The highest BCUT2D eigenvalue weighted by Gasteiger charge is 2.30. The summed E-state index contributed by atoms with van der Waals surface area (Å²) in [4.78, 5) is 11.7. The van der Waals surface area contributed by atoms with Gasteiger partial charge in [0.2, 0.25) is 5.91 Å². The number of rotatable bonds is 5. The second-order valence-corrected chi connectivity index (χ2v) is 4.80. The number of carbonyl (C=O) groups is 1. The molecule has 0 aromatic heterocycles. The van der Waals surface area contributed by atoms with E-state index in [9.17, 15) is 18.0 Å². The number of aliphatic hydroxyl groups excluding tert-OH is 2. The van der Waals surface area contributed by atoms with Crippen molar-refractivity contribution in [1.82, 2.24) is 5.32 Å². The molecule has 0 fully saturated rings. The van der Waals surface area contributed by atoms with E-state index in [0.29, 0.717) is 0 Å². The molecule has 0 radical (unpaired) electrons. The van der Waals surface area contributed by atoms with Gasteiger partial charge in [-0.2, -0.15) is 13.2 Å². The Morgan fingerprint density at radius 1 is 1.25 bits per heavy atom. The van der Waals surface area contributed by atoms with E-state index in [0.717, 1.165) is 12.1 Å². The lowest BCUT2D eigenvalue weighted by Gasteiger charge is -2.26. The third kappa shape index (κ3) is 4.50. The summed E-state index contributed by atoms with van der Waals surface area (Å²) >= 11 is 0. The molecule has 0 saturated heterocycles. The van der Waals surface area contributed by atoms with Gasteiger partial charge in [0.15, 0.2) is 0 Å². The van der Waals surface area contributed by atoms with Crippen LogP contribution in [-0.4, -0.2) is 34.9 Å². The van der Waals surface area contributed by atoms with E-state index < -0.39 is 36.4 Å². The van der Waals surface area contributed by atoms with Crippen molar-refractivity contribution >= 4 is 5.91 Å². The number of nitrogens with one attached hydrogen (secondary N) is 1. The van der Waals surface area contributed by atoms with Crippen LogP contribution in [0.3, 0.4) is 0 Å². The van der Waals surface area contributed by atoms with Crippen molar-refractivity contribution in [1.29, 1.82) is 0 Å². The molecule has 0 unspecified atom stereocenters. The zero-order chi connectivity index (χ0) is 15.4. The molecule has 0 aliphatic heterocycles. The largest absolute Gasteiger partial charge is 0.416 e. The summed E-state index contributed by atoms with van der Waals surface area (Å²) in [7, 11) is 0. The van der Waals surface area contributed by atoms with Gasteiger partial charge in [-0.3, -0.25) is 4.79 Å². The van der Waals surface area contributed by atoms with Crippen LogP contribution in [0.15, 0.2) is 24.3 Å². The van der Waals surface area contributed by atoms with Crippen LogP contribution in [0.4, 0.5) is 13.2 Å². The van der Waals surface area contributed by atoms with E-state index in [1.54, 1.807) is 0 Å². The van der Waals surface area contributed by atoms with E-state index in [4.69, 9.17) is 10.2 Å². The Kier molecular flexibility index (Phi) is 5.13. The lowest BCUT2D eigenvalue weighted by atomic mass is 10.0. The van der Waals surface area contributed by atoms with Crippen LogP contribution < -0.4 is 5.32 Å². The van der Waals surface area contributed by atoms with Gasteiger partial charge in [0, 0.05) is 0 Å². The van der Waals surface area contributed by atoms with E-state index >= 15 is 0 Å². The first-order valence-electron chi connectivity index (χ1n) is 5.89. The lowest BCUT2D eigenvalue weighted by Crippen LogP contribution is -2.52. The molecule has 4 nitrogen and oxygen atoms in total. The third-order valence-electron chi connectivity index (χ3n) is 2.76. The van der Waals surface area contributed by atoms with Gasteiger partial charge in [-0.05, 0) is 18.6 Å². The second-order valence-electron chi connectivity index (χ2n) is 4.80. The van der Waals surface area contributed by atoms with Gasteiger partial charge in [-0.25, -0.2) is 0 Å². The number of carbonyl (C=O) groups excluding carboxylic acids is 1. The average Bonchev–Trinajstić information content (AvgIpc) is 2.37. The van der Waals surface area contributed by atoms with E-state index in [1.807, 2.05) is 0 Å². The molecule has 1 aromatic rings. The molecule has 20 heavy (non-hydrogen) atoms. The van der Waals surface area contributed by atoms with Crippen LogP contribution in [0.25, 0.3) is 0 Å². The van der Waals surface area contributed by atoms with Crippen molar-refractivity contribution < 1.29 is 28.2 Å². The van der Waals surface area contributed by atoms with E-state index in [2.05, 4.69) is 5.32 Å². The van der Waals surface area contributed by atoms with Gasteiger partial charge in [0.05, 0.1) is 30.7 Å². The minimum Gasteiger partial charge on any atom is -0.394 e. The Labute approximate surface area is 114 Å². The zero-order valence-electron chi connectivity index (χ0n) is 10.9. The molecule has 0 heterocycles. The van der Waals surface area contributed by atoms with Crippen molar-refractivity contribution in [3.63, 3.8) is 0 Å². The van der Waals surface area contributed by atoms with E-state index in [1.165, 1.54) is 19.1 Å². The summed E-state index contributed by atoms with van der Waals surface area (Å²) in [6, 6.07) is 4.45. The molecule has 3 N–H and O–H groups in total. The predicted molar refractivity (Wildman–Crippen MR) is 65.9 cm³/mol. The zero-order valence-corrected chi connectivity index (χ0v) is 10.9. The summed E-state index contributed by atoms with van der Waals surface area (Å²) in [5.41, 5.74) is -1.82. The van der Waals surface area contributed by atoms with Crippen molar-refractivity contribution in [2.45, 2.75) is 25.1 Å². The van der Waals surface area contributed by atoms with Crippen LogP contribution in [0.2, 0.25) is 0 Å². The highest BCUT2D eigenvalue weighted by atomic mass is 19.4. The number of aliphatic hydroxyl groups is 2. The predicted octanol–water partition coefficient (Wildman–Crippen LogP) is 1.11. The molecule has 7 heteroatoms. The topological polar surface area (TPSA) is 69.6 Å². The average molecular weight is 291 g/mol. The molecule has 112 valence electrons. The molecular weight excluding hydrogens is 275 g/mol. The van der Waals surface area contributed by atoms with Crippen LogP contribution in [0.1, 0.15) is 18.1 Å². The van der Waals surface area contributed by atoms with Gasteiger partial charge < -0.3 is 15.5 Å². The highest BCUT2D eigenvalue weighted by molar-refractivity contribution is 5.79. The number of alkyl halides is 3. The van der Waals surface area contributed by atoms with Crippen molar-refractivity contribution in [2.75, 3.05) is 13.2 Å². The summed E-state index contributed by atoms with van der Waals surface area (Å²) in [6.45, 7) is 0.479. The molecular formula is C13H16F3NO3. The summed E-state index contributed by atoms with van der Waals surface area (Å²) in [5.74, 6) is -0.574. The first-order valence-corrected chi connectivity index (χ1v) is 5.89. The van der Waals surface area contributed by atoms with E-state index in [-0.39, 0.29) is 12.0 Å². The first kappa shape index (κ1) is 16.5. The van der Waals surface area contributed by atoms with Gasteiger partial charge in [-0.1, -0.05) is 18.2 Å². The molecule has 0 saturated carbocycles. The normalized spacial score (nSPS) is 12.3. The van der Waals surface area contributed by atoms with Crippen molar-refractivity contribution in [3.8, 4) is 0 Å². The molecule has 0 bridgehead atoms. The molecule has 0 aliphatic rings. The molecule has 0 aliphatic carbocycles. The van der Waals surface area contributed by atoms with Gasteiger partial charge in [0.25, 0.3) is 0 Å². The molecule has 0 spiro atoms. The summed E-state index contributed by atoms with van der Waals surface area (Å²) in [6.07, 6.45) is -4.73. The Hall–Kier alpha value is -1.60. The summed E-state index contributed by atoms with van der Waals surface area (Å²) in [5, 5.41) is 20.4. The minimum absolute atomic E-state index is 0.204. The fourth-order valence-corrected chi connectivity index (χ4v) is 1.55. The van der Waals surface area contributed by atoms with Crippen LogP contribution in [-0.2, 0) is 17.4 Å². The Morgan fingerprint density at radius 2 is 1.85 bits per heavy atom. The fraction of sp³-hybridized carbons (Fsp3) is 0.462. The number of benzene rings is 1. The van der Waals surface area contributed by atoms with Crippen LogP contribution in [0.5, 0.6) is 0 Å². The molecule has 0 atom stereocenters. The standard InChI is InChI=1S/C13H16F3NO3/c1-12(7-18,8-19)17-11(20)6-9-3-2-4-10(5-9)13(14,15)16/h2-5,18-19H,6-8H2,1H3,(H,17,20). The third-order valence-corrected chi connectivity index (χ3v) is 2.76. The Bertz CT molecular complexity index is 470. The molecule has 1 aromatic carbocycles. The van der Waals surface area contributed by atoms with Crippen LogP contribution >= 0.6 is 0 Å². The smallest absolute Gasteiger partial charge is 0.394 e. The SMILES string of the molecule is CC(CO)(CO)NC(=O)Cc1cccc(C(F)(F)F)c1. The highest BCUT2D eigenvalue weighted by Crippen LogP contribution is 2.29. The fourth-order valence-electron chi connectivity index (χ4n) is 1.55.